The first-order chi connectivity index (χ1) is 8.09. The van der Waals surface area contributed by atoms with Gasteiger partial charge in [0.1, 0.15) is 6.10 Å². The number of aliphatic carboxylic acids is 1. The molecule has 1 heterocycles. The minimum atomic E-state index is -0.762. The van der Waals surface area contributed by atoms with Crippen LogP contribution in [0.3, 0.4) is 0 Å². The molecule has 0 spiro atoms. The number of nitrogens with one attached hydrogen (secondary N) is 1. The van der Waals surface area contributed by atoms with Crippen molar-refractivity contribution in [2.24, 2.45) is 0 Å². The van der Waals surface area contributed by atoms with Crippen molar-refractivity contribution in [3.8, 4) is 0 Å². The van der Waals surface area contributed by atoms with Crippen LogP contribution < -0.4 is 5.32 Å². The molecule has 1 aliphatic heterocycles. The van der Waals surface area contributed by atoms with E-state index in [1.165, 1.54) is 0 Å². The highest BCUT2D eigenvalue weighted by Crippen LogP contribution is 2.18. The molecular weight excluding hydrogens is 222 g/mol. The van der Waals surface area contributed by atoms with Crippen molar-refractivity contribution in [2.45, 2.75) is 57.7 Å². The molecule has 1 fully saturated rings. The Morgan fingerprint density at radius 2 is 2.06 bits per heavy atom. The van der Waals surface area contributed by atoms with Gasteiger partial charge in [0, 0.05) is 13.0 Å². The molecule has 0 aromatic rings. The van der Waals surface area contributed by atoms with Gasteiger partial charge in [0.25, 0.3) is 0 Å². The first kappa shape index (κ1) is 14.0. The lowest BCUT2D eigenvalue weighted by molar-refractivity contribution is -0.137. The number of amides is 1. The quantitative estimate of drug-likeness (QED) is 0.661. The highest BCUT2D eigenvalue weighted by molar-refractivity contribution is 5.80. The zero-order valence-electron chi connectivity index (χ0n) is 10.3. The molecule has 5 nitrogen and oxygen atoms in total. The number of rotatable bonds is 7. The predicted octanol–water partition coefficient (Wildman–Crippen LogP) is 1.32. The second-order valence-corrected chi connectivity index (χ2v) is 4.51. The fraction of sp³-hybridized carbons (Fsp3) is 0.833. The van der Waals surface area contributed by atoms with E-state index in [1.807, 2.05) is 6.92 Å². The maximum absolute atomic E-state index is 11.6. The normalized spacial score (nSPS) is 23.6. The average molecular weight is 243 g/mol. The zero-order chi connectivity index (χ0) is 12.7. The molecule has 5 heteroatoms. The van der Waals surface area contributed by atoms with E-state index < -0.39 is 5.97 Å². The van der Waals surface area contributed by atoms with E-state index in [0.29, 0.717) is 13.0 Å². The molecule has 98 valence electrons. The van der Waals surface area contributed by atoms with Gasteiger partial charge in [-0.3, -0.25) is 9.59 Å². The van der Waals surface area contributed by atoms with Crippen molar-refractivity contribution >= 4 is 11.9 Å². The van der Waals surface area contributed by atoms with E-state index in [0.717, 1.165) is 25.7 Å². The number of carbonyl (C=O) groups is 2. The number of hydrogen-bond acceptors (Lipinski definition) is 3. The molecule has 1 aliphatic rings. The fourth-order valence-corrected chi connectivity index (χ4v) is 1.90. The van der Waals surface area contributed by atoms with Crippen LogP contribution in [-0.4, -0.2) is 35.7 Å². The van der Waals surface area contributed by atoms with Crippen molar-refractivity contribution in [3.05, 3.63) is 0 Å². The van der Waals surface area contributed by atoms with Crippen molar-refractivity contribution in [1.82, 2.24) is 5.32 Å². The zero-order valence-corrected chi connectivity index (χ0v) is 10.3. The number of unbranched alkanes of at least 4 members (excludes halogenated alkanes) is 2. The molecule has 1 saturated heterocycles. The van der Waals surface area contributed by atoms with Crippen LogP contribution in [0.25, 0.3) is 0 Å². The van der Waals surface area contributed by atoms with Gasteiger partial charge in [-0.1, -0.05) is 6.42 Å². The summed E-state index contributed by atoms with van der Waals surface area (Å²) in [5.41, 5.74) is 0. The molecular formula is C12H21NO4. The van der Waals surface area contributed by atoms with Gasteiger partial charge in [0.2, 0.25) is 5.91 Å². The van der Waals surface area contributed by atoms with Crippen LogP contribution in [0.4, 0.5) is 0 Å². The average Bonchev–Trinajstić information content (AvgIpc) is 2.69. The van der Waals surface area contributed by atoms with Gasteiger partial charge in [0.05, 0.1) is 6.10 Å². The van der Waals surface area contributed by atoms with Crippen molar-refractivity contribution < 1.29 is 19.4 Å². The van der Waals surface area contributed by atoms with Crippen LogP contribution in [-0.2, 0) is 14.3 Å². The molecule has 0 aromatic carbocycles. The molecule has 0 aliphatic carbocycles. The van der Waals surface area contributed by atoms with E-state index >= 15 is 0 Å². The first-order valence-electron chi connectivity index (χ1n) is 6.24. The molecule has 17 heavy (non-hydrogen) atoms. The van der Waals surface area contributed by atoms with Gasteiger partial charge < -0.3 is 15.2 Å². The molecule has 0 bridgehead atoms. The van der Waals surface area contributed by atoms with Crippen LogP contribution in [0.1, 0.15) is 45.4 Å². The summed E-state index contributed by atoms with van der Waals surface area (Å²) in [5.74, 6) is -0.796. The maximum Gasteiger partial charge on any atom is 0.303 e. The monoisotopic (exact) mass is 243 g/mol. The Bertz CT molecular complexity index is 267. The summed E-state index contributed by atoms with van der Waals surface area (Å²) in [5, 5.41) is 11.3. The van der Waals surface area contributed by atoms with E-state index in [-0.39, 0.29) is 24.5 Å². The Labute approximate surface area is 102 Å². The van der Waals surface area contributed by atoms with Gasteiger partial charge in [-0.15, -0.1) is 0 Å². The molecule has 0 aromatic heterocycles. The van der Waals surface area contributed by atoms with Crippen LogP contribution in [0.2, 0.25) is 0 Å². The third-order valence-electron chi connectivity index (χ3n) is 2.89. The number of carboxylic acid groups (broad SMARTS) is 1. The third-order valence-corrected chi connectivity index (χ3v) is 2.89. The summed E-state index contributed by atoms with van der Waals surface area (Å²) in [7, 11) is 0. The summed E-state index contributed by atoms with van der Waals surface area (Å²) in [6.07, 6.45) is 4.16. The Balaban J connectivity index is 1.99. The van der Waals surface area contributed by atoms with E-state index in [9.17, 15) is 9.59 Å². The minimum Gasteiger partial charge on any atom is -0.481 e. The van der Waals surface area contributed by atoms with E-state index in [1.54, 1.807) is 0 Å². The van der Waals surface area contributed by atoms with E-state index in [4.69, 9.17) is 9.84 Å². The molecule has 2 N–H and O–H groups in total. The fourth-order valence-electron chi connectivity index (χ4n) is 1.90. The van der Waals surface area contributed by atoms with Gasteiger partial charge >= 0.3 is 5.97 Å². The minimum absolute atomic E-state index is 0.0346. The maximum atomic E-state index is 11.6. The Morgan fingerprint density at radius 1 is 1.29 bits per heavy atom. The number of carboxylic acids is 1. The van der Waals surface area contributed by atoms with Crippen molar-refractivity contribution in [1.29, 1.82) is 0 Å². The summed E-state index contributed by atoms with van der Waals surface area (Å²) >= 11 is 0. The van der Waals surface area contributed by atoms with Crippen LogP contribution >= 0.6 is 0 Å². The Morgan fingerprint density at radius 3 is 2.65 bits per heavy atom. The number of ether oxygens (including phenoxy) is 1. The smallest absolute Gasteiger partial charge is 0.303 e. The Hall–Kier alpha value is -1.10. The second kappa shape index (κ2) is 7.27. The lowest BCUT2D eigenvalue weighted by atomic mass is 10.2. The third kappa shape index (κ3) is 5.68. The molecule has 2 unspecified atom stereocenters. The highest BCUT2D eigenvalue weighted by Gasteiger charge is 2.27. The summed E-state index contributed by atoms with van der Waals surface area (Å²) in [4.78, 5) is 21.9. The molecule has 0 saturated carbocycles. The molecule has 2 atom stereocenters. The first-order valence-corrected chi connectivity index (χ1v) is 6.24. The second-order valence-electron chi connectivity index (χ2n) is 4.51. The SMILES string of the molecule is CC1CCC(C(=O)NCCCCCC(=O)O)O1. The molecule has 1 amide bonds. The lowest BCUT2D eigenvalue weighted by Crippen LogP contribution is -2.35. The van der Waals surface area contributed by atoms with Crippen LogP contribution in [0.15, 0.2) is 0 Å². The summed E-state index contributed by atoms with van der Waals surface area (Å²) in [6, 6.07) is 0. The summed E-state index contributed by atoms with van der Waals surface area (Å²) < 4.78 is 5.44. The molecule has 0 radical (unpaired) electrons. The lowest BCUT2D eigenvalue weighted by Gasteiger charge is -2.11. The van der Waals surface area contributed by atoms with Gasteiger partial charge in [-0.2, -0.15) is 0 Å². The topological polar surface area (TPSA) is 75.6 Å². The standard InChI is InChI=1S/C12H21NO4/c1-9-6-7-10(17-9)12(16)13-8-4-2-3-5-11(14)15/h9-10H,2-8H2,1H3,(H,13,16)(H,14,15). The van der Waals surface area contributed by atoms with Crippen LogP contribution in [0, 0.1) is 0 Å². The predicted molar refractivity (Wildman–Crippen MR) is 62.7 cm³/mol. The van der Waals surface area contributed by atoms with Crippen molar-refractivity contribution in [2.75, 3.05) is 6.54 Å². The van der Waals surface area contributed by atoms with Crippen molar-refractivity contribution in [3.63, 3.8) is 0 Å². The highest BCUT2D eigenvalue weighted by atomic mass is 16.5. The Kier molecular flexibility index (Phi) is 5.97. The van der Waals surface area contributed by atoms with Gasteiger partial charge in [0.15, 0.2) is 0 Å². The number of carbonyl (C=O) groups excluding carboxylic acids is 1. The molecule has 1 rings (SSSR count). The number of hydrogen-bond donors (Lipinski definition) is 2. The van der Waals surface area contributed by atoms with Gasteiger partial charge in [-0.25, -0.2) is 0 Å². The van der Waals surface area contributed by atoms with E-state index in [2.05, 4.69) is 5.32 Å². The van der Waals surface area contributed by atoms with Crippen LogP contribution in [0.5, 0.6) is 0 Å². The largest absolute Gasteiger partial charge is 0.481 e. The van der Waals surface area contributed by atoms with Gasteiger partial charge in [-0.05, 0) is 32.6 Å². The summed E-state index contributed by atoms with van der Waals surface area (Å²) in [6.45, 7) is 2.58.